The molecule has 2 aromatic rings. The van der Waals surface area contributed by atoms with Gasteiger partial charge in [0.25, 0.3) is 0 Å². The molecule has 0 aliphatic carbocycles. The number of ether oxygens (including phenoxy) is 1. The van der Waals surface area contributed by atoms with Crippen molar-refractivity contribution in [1.29, 1.82) is 0 Å². The van der Waals surface area contributed by atoms with E-state index in [-0.39, 0.29) is 6.10 Å². The predicted molar refractivity (Wildman–Crippen MR) is 103 cm³/mol. The van der Waals surface area contributed by atoms with Crippen molar-refractivity contribution >= 4 is 17.3 Å². The molecule has 25 heavy (non-hydrogen) atoms. The van der Waals surface area contributed by atoms with Crippen LogP contribution in [0, 0.1) is 0 Å². The maximum atomic E-state index is 5.55. The van der Waals surface area contributed by atoms with Crippen LogP contribution in [0.4, 0.5) is 0 Å². The summed E-state index contributed by atoms with van der Waals surface area (Å²) in [5.41, 5.74) is 2.20. The Morgan fingerprint density at radius 3 is 2.52 bits per heavy atom. The molecule has 136 valence electrons. The maximum absolute atomic E-state index is 5.55. The Labute approximate surface area is 153 Å². The van der Waals surface area contributed by atoms with E-state index < -0.39 is 0 Å². The zero-order chi connectivity index (χ0) is 18.2. The minimum Gasteiger partial charge on any atom is -0.475 e. The number of rotatable bonds is 7. The first-order chi connectivity index (χ1) is 12.0. The highest BCUT2D eigenvalue weighted by atomic mass is 32.1. The smallest absolute Gasteiger partial charge is 0.213 e. The van der Waals surface area contributed by atoms with Crippen LogP contribution in [0.5, 0.6) is 5.88 Å². The first kappa shape index (κ1) is 19.2. The van der Waals surface area contributed by atoms with Crippen molar-refractivity contribution in [3.63, 3.8) is 0 Å². The second-order valence-corrected chi connectivity index (χ2v) is 7.21. The summed E-state index contributed by atoms with van der Waals surface area (Å²) in [5.74, 6) is 1.84. The van der Waals surface area contributed by atoms with Gasteiger partial charge in [0, 0.05) is 31.2 Å². The van der Waals surface area contributed by atoms with Crippen LogP contribution in [-0.4, -0.2) is 29.1 Å². The molecule has 2 rings (SSSR count). The SMILES string of the molecule is CN=C(NCc1ccc(OC(C)C)nc1)NCc1nc(C(C)C)cs1. The van der Waals surface area contributed by atoms with E-state index in [1.165, 1.54) is 0 Å². The van der Waals surface area contributed by atoms with Crippen LogP contribution in [-0.2, 0) is 13.1 Å². The number of thiazole rings is 1. The minimum absolute atomic E-state index is 0.126. The highest BCUT2D eigenvalue weighted by Crippen LogP contribution is 2.17. The standard InChI is InChI=1S/C18H27N5OS/c1-12(2)15-11-25-17(23-15)10-22-18(19-5)21-9-14-6-7-16(20-8-14)24-13(3)4/h6-8,11-13H,9-10H2,1-5H3,(H2,19,21,22). The fraction of sp³-hybridized carbons (Fsp3) is 0.500. The predicted octanol–water partition coefficient (Wildman–Crippen LogP) is 3.31. The largest absolute Gasteiger partial charge is 0.475 e. The topological polar surface area (TPSA) is 71.4 Å². The van der Waals surface area contributed by atoms with Gasteiger partial charge in [-0.3, -0.25) is 4.99 Å². The molecule has 2 N–H and O–H groups in total. The molecule has 0 atom stereocenters. The van der Waals surface area contributed by atoms with Gasteiger partial charge in [-0.25, -0.2) is 9.97 Å². The molecule has 0 aliphatic heterocycles. The van der Waals surface area contributed by atoms with Crippen molar-refractivity contribution in [3.05, 3.63) is 40.0 Å². The van der Waals surface area contributed by atoms with Gasteiger partial charge in [-0.05, 0) is 25.3 Å². The van der Waals surface area contributed by atoms with E-state index in [0.29, 0.717) is 24.9 Å². The first-order valence-corrected chi connectivity index (χ1v) is 9.36. The van der Waals surface area contributed by atoms with Crippen molar-refractivity contribution in [3.8, 4) is 5.88 Å². The molecule has 0 saturated carbocycles. The number of aliphatic imine (C=N–C) groups is 1. The van der Waals surface area contributed by atoms with E-state index >= 15 is 0 Å². The fourth-order valence-electron chi connectivity index (χ4n) is 2.06. The first-order valence-electron chi connectivity index (χ1n) is 8.48. The summed E-state index contributed by atoms with van der Waals surface area (Å²) in [6, 6.07) is 3.89. The zero-order valence-electron chi connectivity index (χ0n) is 15.5. The number of pyridine rings is 1. The van der Waals surface area contributed by atoms with Gasteiger partial charge >= 0.3 is 0 Å². The minimum atomic E-state index is 0.126. The van der Waals surface area contributed by atoms with Crippen molar-refractivity contribution in [2.75, 3.05) is 7.05 Å². The third kappa shape index (κ3) is 6.34. The molecule has 2 aromatic heterocycles. The summed E-state index contributed by atoms with van der Waals surface area (Å²) in [4.78, 5) is 13.2. The lowest BCUT2D eigenvalue weighted by Crippen LogP contribution is -2.36. The zero-order valence-corrected chi connectivity index (χ0v) is 16.4. The molecule has 0 unspecified atom stereocenters. The molecule has 0 amide bonds. The third-order valence-corrected chi connectivity index (χ3v) is 4.27. The molecule has 0 bridgehead atoms. The summed E-state index contributed by atoms with van der Waals surface area (Å²) in [6.45, 7) is 9.58. The van der Waals surface area contributed by atoms with E-state index in [4.69, 9.17) is 4.74 Å². The van der Waals surface area contributed by atoms with Gasteiger partial charge in [0.1, 0.15) is 5.01 Å². The number of hydrogen-bond donors (Lipinski definition) is 2. The Hall–Kier alpha value is -2.15. The van der Waals surface area contributed by atoms with E-state index in [0.717, 1.165) is 22.2 Å². The van der Waals surface area contributed by atoms with Crippen LogP contribution in [0.15, 0.2) is 28.7 Å². The summed E-state index contributed by atoms with van der Waals surface area (Å²) in [5, 5.41) is 9.74. The summed E-state index contributed by atoms with van der Waals surface area (Å²) in [7, 11) is 1.76. The highest BCUT2D eigenvalue weighted by molar-refractivity contribution is 7.09. The molecule has 0 aliphatic rings. The Kier molecular flexibility index (Phi) is 7.18. The van der Waals surface area contributed by atoms with E-state index in [2.05, 4.69) is 44.8 Å². The molecule has 0 saturated heterocycles. The van der Waals surface area contributed by atoms with Gasteiger partial charge in [0.2, 0.25) is 5.88 Å². The van der Waals surface area contributed by atoms with Crippen molar-refractivity contribution < 1.29 is 4.74 Å². The van der Waals surface area contributed by atoms with Crippen LogP contribution in [0.25, 0.3) is 0 Å². The average Bonchev–Trinajstić information content (AvgIpc) is 3.05. The van der Waals surface area contributed by atoms with Crippen LogP contribution in [0.1, 0.15) is 49.9 Å². The molecule has 0 spiro atoms. The van der Waals surface area contributed by atoms with Gasteiger partial charge in [0.05, 0.1) is 18.3 Å². The molecule has 0 radical (unpaired) electrons. The Morgan fingerprint density at radius 1 is 1.20 bits per heavy atom. The van der Waals surface area contributed by atoms with E-state index in [9.17, 15) is 0 Å². The monoisotopic (exact) mass is 361 g/mol. The molecule has 0 fully saturated rings. The average molecular weight is 362 g/mol. The van der Waals surface area contributed by atoms with Crippen LogP contribution >= 0.6 is 11.3 Å². The van der Waals surface area contributed by atoms with Crippen molar-refractivity contribution in [2.45, 2.75) is 52.8 Å². The second kappa shape index (κ2) is 9.36. The van der Waals surface area contributed by atoms with Crippen LogP contribution in [0.3, 0.4) is 0 Å². The number of hydrogen-bond acceptors (Lipinski definition) is 5. The number of nitrogens with zero attached hydrogens (tertiary/aromatic N) is 3. The third-order valence-electron chi connectivity index (χ3n) is 3.41. The van der Waals surface area contributed by atoms with Crippen LogP contribution < -0.4 is 15.4 Å². The van der Waals surface area contributed by atoms with E-state index in [1.54, 1.807) is 18.4 Å². The van der Waals surface area contributed by atoms with Gasteiger partial charge in [0.15, 0.2) is 5.96 Å². The lowest BCUT2D eigenvalue weighted by atomic mass is 10.2. The lowest BCUT2D eigenvalue weighted by Gasteiger charge is -2.12. The van der Waals surface area contributed by atoms with Crippen LogP contribution in [0.2, 0.25) is 0 Å². The van der Waals surface area contributed by atoms with Gasteiger partial charge < -0.3 is 15.4 Å². The normalized spacial score (nSPS) is 11.9. The van der Waals surface area contributed by atoms with Crippen molar-refractivity contribution in [1.82, 2.24) is 20.6 Å². The number of nitrogens with one attached hydrogen (secondary N) is 2. The Balaban J connectivity index is 1.81. The Bertz CT molecular complexity index is 679. The molecular weight excluding hydrogens is 334 g/mol. The molecule has 0 aromatic carbocycles. The molecular formula is C18H27N5OS. The molecule has 2 heterocycles. The van der Waals surface area contributed by atoms with E-state index in [1.807, 2.05) is 32.2 Å². The molecule has 6 nitrogen and oxygen atoms in total. The van der Waals surface area contributed by atoms with Gasteiger partial charge in [-0.1, -0.05) is 19.9 Å². The second-order valence-electron chi connectivity index (χ2n) is 6.27. The summed E-state index contributed by atoms with van der Waals surface area (Å²) >= 11 is 1.67. The summed E-state index contributed by atoms with van der Waals surface area (Å²) in [6.07, 6.45) is 1.94. The van der Waals surface area contributed by atoms with Crippen molar-refractivity contribution in [2.24, 2.45) is 4.99 Å². The molecule has 7 heteroatoms. The highest BCUT2D eigenvalue weighted by Gasteiger charge is 2.06. The van der Waals surface area contributed by atoms with Gasteiger partial charge in [-0.15, -0.1) is 11.3 Å². The maximum Gasteiger partial charge on any atom is 0.213 e. The lowest BCUT2D eigenvalue weighted by molar-refractivity contribution is 0.232. The van der Waals surface area contributed by atoms with Gasteiger partial charge in [-0.2, -0.15) is 0 Å². The fourth-order valence-corrected chi connectivity index (χ4v) is 2.96. The number of guanidine groups is 1. The Morgan fingerprint density at radius 2 is 1.96 bits per heavy atom. The quantitative estimate of drug-likeness (QED) is 0.585. The summed E-state index contributed by atoms with van der Waals surface area (Å²) < 4.78 is 5.55. The number of aromatic nitrogens is 2.